The van der Waals surface area contributed by atoms with Crippen molar-refractivity contribution < 1.29 is 14.6 Å². The third-order valence-corrected chi connectivity index (χ3v) is 8.41. The molecule has 3 aliphatic heterocycles. The molecule has 0 saturated heterocycles. The minimum absolute atomic E-state index is 0.115. The molecule has 3 aliphatic rings. The first-order valence-electron chi connectivity index (χ1n) is 11.8. The number of aromatic nitrogens is 2. The number of ether oxygens (including phenoxy) is 1. The van der Waals surface area contributed by atoms with Gasteiger partial charge in [0.1, 0.15) is 6.61 Å². The normalized spacial score (nSPS) is 22.4. The number of cyclic esters (lactones) is 1. The van der Waals surface area contributed by atoms with E-state index in [0.29, 0.717) is 34.7 Å². The summed E-state index contributed by atoms with van der Waals surface area (Å²) in [6.45, 7) is 8.53. The predicted molar refractivity (Wildman–Crippen MR) is 132 cm³/mol. The van der Waals surface area contributed by atoms with E-state index >= 15 is 0 Å². The van der Waals surface area contributed by atoms with E-state index in [-0.39, 0.29) is 18.6 Å². The lowest BCUT2D eigenvalue weighted by Gasteiger charge is -2.31. The molecule has 0 aliphatic carbocycles. The number of hydrogen-bond donors (Lipinski definition) is 2. The van der Waals surface area contributed by atoms with Crippen LogP contribution < -0.4 is 10.9 Å². The molecule has 2 aromatic heterocycles. The predicted octanol–water partition coefficient (Wildman–Crippen LogP) is 3.94. The van der Waals surface area contributed by atoms with Crippen LogP contribution in [0, 0.1) is 0 Å². The monoisotopic (exact) mass is 477 g/mol. The fraction of sp³-hybridized carbons (Fsp3) is 0.423. The number of esters is 1. The van der Waals surface area contributed by atoms with E-state index in [1.54, 1.807) is 17.6 Å². The van der Waals surface area contributed by atoms with Crippen LogP contribution in [0.1, 0.15) is 56.4 Å². The van der Waals surface area contributed by atoms with E-state index < -0.39 is 11.6 Å². The van der Waals surface area contributed by atoms with Gasteiger partial charge < -0.3 is 19.7 Å². The number of rotatable bonds is 3. The van der Waals surface area contributed by atoms with Gasteiger partial charge in [-0.3, -0.25) is 4.79 Å². The van der Waals surface area contributed by atoms with Gasteiger partial charge in [-0.25, -0.2) is 9.78 Å². The van der Waals surface area contributed by atoms with Crippen LogP contribution in [0.3, 0.4) is 0 Å². The first kappa shape index (κ1) is 21.7. The van der Waals surface area contributed by atoms with Crippen molar-refractivity contribution in [1.82, 2.24) is 9.55 Å². The van der Waals surface area contributed by atoms with Crippen molar-refractivity contribution in [2.24, 2.45) is 0 Å². The molecular formula is C26H27N3O4S. The fourth-order valence-electron chi connectivity index (χ4n) is 5.53. The summed E-state index contributed by atoms with van der Waals surface area (Å²) < 4.78 is 6.92. The number of hydrogen-bond acceptors (Lipinski definition) is 7. The Hall–Kier alpha value is -2.84. The number of pyridine rings is 2. The lowest BCUT2D eigenvalue weighted by Crippen LogP contribution is -2.44. The maximum Gasteiger partial charge on any atom is 0.343 e. The molecular weight excluding hydrogens is 450 g/mol. The highest BCUT2D eigenvalue weighted by atomic mass is 32.2. The Kier molecular flexibility index (Phi) is 4.67. The number of aliphatic hydroxyl groups is 1. The summed E-state index contributed by atoms with van der Waals surface area (Å²) in [5.41, 5.74) is 4.44. The maximum atomic E-state index is 13.5. The molecule has 0 fully saturated rings. The Labute approximate surface area is 201 Å². The molecule has 7 nitrogen and oxygen atoms in total. The molecule has 0 bridgehead atoms. The number of benzene rings is 1. The van der Waals surface area contributed by atoms with Gasteiger partial charge in [-0.15, -0.1) is 11.8 Å². The Morgan fingerprint density at radius 3 is 2.82 bits per heavy atom. The molecule has 8 heteroatoms. The lowest BCUT2D eigenvalue weighted by molar-refractivity contribution is -0.172. The van der Waals surface area contributed by atoms with Crippen molar-refractivity contribution in [3.63, 3.8) is 0 Å². The smallest absolute Gasteiger partial charge is 0.343 e. The van der Waals surface area contributed by atoms with Gasteiger partial charge in [0.15, 0.2) is 5.60 Å². The number of carbonyl (C=O) groups excluding carboxylic acids is 1. The van der Waals surface area contributed by atoms with Gasteiger partial charge >= 0.3 is 5.97 Å². The highest BCUT2D eigenvalue weighted by Crippen LogP contribution is 2.48. The SMILES string of the molecule is CC[C@@]1(O)C(=O)OCc2c1cc1n(c2=O)Cc2c-1nc1ccc(NC(C)C)c3c1c2CC(C)S3. The first-order valence-corrected chi connectivity index (χ1v) is 12.7. The molecule has 6 rings (SSSR count). The second kappa shape index (κ2) is 7.33. The molecule has 176 valence electrons. The average molecular weight is 478 g/mol. The van der Waals surface area contributed by atoms with E-state index in [0.717, 1.165) is 28.9 Å². The molecule has 3 aromatic rings. The molecule has 0 spiro atoms. The molecule has 1 aromatic carbocycles. The van der Waals surface area contributed by atoms with Gasteiger partial charge in [0.2, 0.25) is 0 Å². The Morgan fingerprint density at radius 1 is 1.29 bits per heavy atom. The second-order valence-electron chi connectivity index (χ2n) is 9.79. The fourth-order valence-corrected chi connectivity index (χ4v) is 6.79. The number of nitrogens with zero attached hydrogens (tertiary/aromatic N) is 2. The number of carbonyl (C=O) groups is 1. The molecule has 34 heavy (non-hydrogen) atoms. The zero-order chi connectivity index (χ0) is 23.9. The average Bonchev–Trinajstić information content (AvgIpc) is 3.17. The van der Waals surface area contributed by atoms with Gasteiger partial charge in [-0.1, -0.05) is 13.8 Å². The van der Waals surface area contributed by atoms with Crippen LogP contribution in [0.15, 0.2) is 27.9 Å². The summed E-state index contributed by atoms with van der Waals surface area (Å²) >= 11 is 1.87. The largest absolute Gasteiger partial charge is 0.458 e. The molecule has 1 unspecified atom stereocenters. The van der Waals surface area contributed by atoms with Crippen LogP contribution in [0.2, 0.25) is 0 Å². The highest BCUT2D eigenvalue weighted by molar-refractivity contribution is 8.00. The number of thioether (sulfide) groups is 1. The van der Waals surface area contributed by atoms with Crippen LogP contribution >= 0.6 is 11.8 Å². The number of anilines is 1. The van der Waals surface area contributed by atoms with E-state index in [1.165, 1.54) is 15.8 Å². The molecule has 5 heterocycles. The maximum absolute atomic E-state index is 13.5. The highest BCUT2D eigenvalue weighted by Gasteiger charge is 2.45. The Morgan fingerprint density at radius 2 is 2.09 bits per heavy atom. The van der Waals surface area contributed by atoms with E-state index in [4.69, 9.17) is 9.72 Å². The standard InChI is InChI=1S/C26H27N3O4S/c1-5-26(32)17-9-20-22-15(10-29(20)24(30)16(17)11-33-25(26)31)14-8-13(4)34-23-19(27-12(2)3)7-6-18(28-22)21(14)23/h6-7,9,12-13,27,32H,5,8,10-11H2,1-4H3/t13?,26-/m0/s1. The third kappa shape index (κ3) is 2.84. The third-order valence-electron chi connectivity index (χ3n) is 7.18. The van der Waals surface area contributed by atoms with Gasteiger partial charge in [-0.05, 0) is 50.5 Å². The zero-order valence-electron chi connectivity index (χ0n) is 19.7. The summed E-state index contributed by atoms with van der Waals surface area (Å²) in [6.07, 6.45) is 1.03. The van der Waals surface area contributed by atoms with Crippen molar-refractivity contribution in [1.29, 1.82) is 0 Å². The summed E-state index contributed by atoms with van der Waals surface area (Å²) in [7, 11) is 0. The van der Waals surface area contributed by atoms with Gasteiger partial charge in [0.25, 0.3) is 5.56 Å². The lowest BCUT2D eigenvalue weighted by atomic mass is 9.86. The summed E-state index contributed by atoms with van der Waals surface area (Å²) in [6, 6.07) is 6.23. The summed E-state index contributed by atoms with van der Waals surface area (Å²) in [5.74, 6) is -0.702. The van der Waals surface area contributed by atoms with E-state index in [1.807, 2.05) is 17.8 Å². The van der Waals surface area contributed by atoms with E-state index in [9.17, 15) is 14.7 Å². The zero-order valence-corrected chi connectivity index (χ0v) is 20.5. The molecule has 2 atom stereocenters. The minimum atomic E-state index is -1.81. The van der Waals surface area contributed by atoms with Crippen molar-refractivity contribution in [2.45, 2.75) is 75.5 Å². The number of fused-ring (bicyclic) bond motifs is 5. The van der Waals surface area contributed by atoms with Crippen LogP contribution in [0.4, 0.5) is 5.69 Å². The first-order chi connectivity index (χ1) is 16.2. The topological polar surface area (TPSA) is 93.5 Å². The second-order valence-corrected chi connectivity index (χ2v) is 11.2. The van der Waals surface area contributed by atoms with Gasteiger partial charge in [-0.2, -0.15) is 0 Å². The number of nitrogens with one attached hydrogen (secondary N) is 1. The van der Waals surface area contributed by atoms with Crippen molar-refractivity contribution in [3.05, 3.63) is 50.8 Å². The van der Waals surface area contributed by atoms with Crippen molar-refractivity contribution in [3.8, 4) is 11.4 Å². The van der Waals surface area contributed by atoms with Crippen LogP contribution in [-0.4, -0.2) is 31.9 Å². The van der Waals surface area contributed by atoms with Gasteiger partial charge in [0.05, 0.1) is 29.0 Å². The van der Waals surface area contributed by atoms with Crippen molar-refractivity contribution in [2.75, 3.05) is 5.32 Å². The minimum Gasteiger partial charge on any atom is -0.458 e. The Bertz CT molecular complexity index is 1460. The van der Waals surface area contributed by atoms with Gasteiger partial charge in [0, 0.05) is 38.4 Å². The Balaban J connectivity index is 1.62. The summed E-state index contributed by atoms with van der Waals surface area (Å²) in [4.78, 5) is 32.2. The van der Waals surface area contributed by atoms with Crippen LogP contribution in [0.5, 0.6) is 0 Å². The summed E-state index contributed by atoms with van der Waals surface area (Å²) in [5, 5.41) is 16.2. The van der Waals surface area contributed by atoms with Crippen LogP contribution in [-0.2, 0) is 34.7 Å². The molecule has 0 amide bonds. The van der Waals surface area contributed by atoms with Crippen molar-refractivity contribution >= 4 is 34.3 Å². The van der Waals surface area contributed by atoms with Crippen LogP contribution in [0.25, 0.3) is 22.3 Å². The quantitative estimate of drug-likeness (QED) is 0.432. The van der Waals surface area contributed by atoms with E-state index in [2.05, 4.69) is 32.2 Å². The molecule has 0 saturated carbocycles. The molecule has 0 radical (unpaired) electrons. The molecule has 2 N–H and O–H groups in total.